The smallest absolute Gasteiger partial charge is 0.233 e. The van der Waals surface area contributed by atoms with Gasteiger partial charge in [-0.2, -0.15) is 0 Å². The van der Waals surface area contributed by atoms with Crippen molar-refractivity contribution in [1.29, 1.82) is 0 Å². The highest BCUT2D eigenvalue weighted by atomic mass is 35.5. The van der Waals surface area contributed by atoms with E-state index in [0.29, 0.717) is 22.8 Å². The van der Waals surface area contributed by atoms with Gasteiger partial charge in [-0.15, -0.1) is 12.4 Å². The summed E-state index contributed by atoms with van der Waals surface area (Å²) in [5.74, 6) is 1.44. The van der Waals surface area contributed by atoms with Gasteiger partial charge >= 0.3 is 0 Å². The molecular formula is C17H22Cl2N2O. The van der Waals surface area contributed by atoms with Crippen LogP contribution in [0.2, 0.25) is 5.02 Å². The average molecular weight is 341 g/mol. The van der Waals surface area contributed by atoms with Gasteiger partial charge in [-0.25, -0.2) is 0 Å². The van der Waals surface area contributed by atoms with Crippen molar-refractivity contribution in [2.75, 3.05) is 13.1 Å². The first kappa shape index (κ1) is 16.1. The number of hydrogen-bond donors (Lipinski definition) is 1. The number of halogens is 2. The minimum absolute atomic E-state index is 0. The molecule has 1 heterocycles. The number of likely N-dealkylation sites (tertiary alicyclic amines) is 1. The van der Waals surface area contributed by atoms with E-state index in [2.05, 4.69) is 4.90 Å². The third-order valence-electron chi connectivity index (χ3n) is 5.74. The molecule has 2 aliphatic carbocycles. The van der Waals surface area contributed by atoms with Gasteiger partial charge < -0.3 is 10.6 Å². The van der Waals surface area contributed by atoms with Crippen molar-refractivity contribution >= 4 is 29.9 Å². The molecule has 3 atom stereocenters. The van der Waals surface area contributed by atoms with E-state index < -0.39 is 0 Å². The number of fused-ring (bicyclic) bond motifs is 1. The Kier molecular flexibility index (Phi) is 4.17. The van der Waals surface area contributed by atoms with E-state index in [9.17, 15) is 4.79 Å². The maximum Gasteiger partial charge on any atom is 0.233 e. The Hall–Kier alpha value is -0.770. The van der Waals surface area contributed by atoms with E-state index in [0.717, 1.165) is 37.9 Å². The lowest BCUT2D eigenvalue weighted by atomic mass is 9.94. The van der Waals surface area contributed by atoms with Gasteiger partial charge in [-0.3, -0.25) is 4.79 Å². The Balaban J connectivity index is 0.00000144. The van der Waals surface area contributed by atoms with Gasteiger partial charge in [0.1, 0.15) is 0 Å². The first-order valence-electron chi connectivity index (χ1n) is 7.91. The predicted molar refractivity (Wildman–Crippen MR) is 90.4 cm³/mol. The van der Waals surface area contributed by atoms with Crippen LogP contribution in [0.5, 0.6) is 0 Å². The van der Waals surface area contributed by atoms with E-state index in [4.69, 9.17) is 17.3 Å². The monoisotopic (exact) mass is 340 g/mol. The molecule has 3 unspecified atom stereocenters. The Labute approximate surface area is 142 Å². The first-order chi connectivity index (χ1) is 10.1. The highest BCUT2D eigenvalue weighted by Crippen LogP contribution is 2.51. The topological polar surface area (TPSA) is 46.3 Å². The zero-order valence-corrected chi connectivity index (χ0v) is 14.1. The molecule has 4 rings (SSSR count). The molecule has 1 saturated heterocycles. The standard InChI is InChI=1S/C17H21ClN2O.ClH/c18-13-3-1-2-12(8-13)17(6-7-17)16(21)20-9-11-4-5-15(19)14(11)10-20;/h1-3,8,11,14-15H,4-7,9-10,19H2;1H. The SMILES string of the molecule is Cl.NC1CCC2CN(C(=O)C3(c4cccc(Cl)c4)CC3)CC12. The van der Waals surface area contributed by atoms with Crippen LogP contribution in [0.1, 0.15) is 31.2 Å². The summed E-state index contributed by atoms with van der Waals surface area (Å²) in [6.45, 7) is 1.76. The number of nitrogens with zero attached hydrogens (tertiary/aromatic N) is 1. The Morgan fingerprint density at radius 3 is 2.68 bits per heavy atom. The van der Waals surface area contributed by atoms with E-state index in [1.165, 1.54) is 6.42 Å². The van der Waals surface area contributed by atoms with Gasteiger partial charge in [0.25, 0.3) is 0 Å². The van der Waals surface area contributed by atoms with Crippen LogP contribution in [0, 0.1) is 11.8 Å². The number of amides is 1. The van der Waals surface area contributed by atoms with Crippen molar-refractivity contribution < 1.29 is 4.79 Å². The van der Waals surface area contributed by atoms with Crippen LogP contribution in [0.15, 0.2) is 24.3 Å². The van der Waals surface area contributed by atoms with Crippen molar-refractivity contribution in [3.8, 4) is 0 Å². The number of hydrogen-bond acceptors (Lipinski definition) is 2. The lowest BCUT2D eigenvalue weighted by molar-refractivity contribution is -0.133. The molecule has 5 heteroatoms. The average Bonchev–Trinajstić information content (AvgIpc) is 3.06. The molecular weight excluding hydrogens is 319 g/mol. The van der Waals surface area contributed by atoms with Crippen molar-refractivity contribution in [2.45, 2.75) is 37.1 Å². The van der Waals surface area contributed by atoms with E-state index in [-0.39, 0.29) is 23.9 Å². The van der Waals surface area contributed by atoms with Gasteiger partial charge in [0.05, 0.1) is 5.41 Å². The zero-order valence-electron chi connectivity index (χ0n) is 12.5. The summed E-state index contributed by atoms with van der Waals surface area (Å²) in [6.07, 6.45) is 4.20. The summed E-state index contributed by atoms with van der Waals surface area (Å²) < 4.78 is 0. The molecule has 1 amide bonds. The van der Waals surface area contributed by atoms with E-state index in [1.54, 1.807) is 0 Å². The van der Waals surface area contributed by atoms with Crippen LogP contribution >= 0.6 is 24.0 Å². The number of carbonyl (C=O) groups excluding carboxylic acids is 1. The van der Waals surface area contributed by atoms with Crippen LogP contribution in [-0.4, -0.2) is 29.9 Å². The molecule has 0 radical (unpaired) electrons. The summed E-state index contributed by atoms with van der Waals surface area (Å²) in [4.78, 5) is 15.1. The molecule has 0 spiro atoms. The van der Waals surface area contributed by atoms with Crippen molar-refractivity contribution in [3.05, 3.63) is 34.9 Å². The molecule has 0 aromatic heterocycles. The number of benzene rings is 1. The lowest BCUT2D eigenvalue weighted by Gasteiger charge is -2.25. The van der Waals surface area contributed by atoms with Crippen LogP contribution in [0.3, 0.4) is 0 Å². The highest BCUT2D eigenvalue weighted by Gasteiger charge is 2.55. The Morgan fingerprint density at radius 2 is 2.05 bits per heavy atom. The van der Waals surface area contributed by atoms with Crippen LogP contribution in [-0.2, 0) is 10.2 Å². The second-order valence-electron chi connectivity index (χ2n) is 6.97. The van der Waals surface area contributed by atoms with Gasteiger partial charge in [-0.1, -0.05) is 23.7 Å². The predicted octanol–water partition coefficient (Wildman–Crippen LogP) is 2.99. The summed E-state index contributed by atoms with van der Waals surface area (Å²) >= 11 is 6.10. The van der Waals surface area contributed by atoms with Crippen LogP contribution in [0.25, 0.3) is 0 Å². The quantitative estimate of drug-likeness (QED) is 0.899. The minimum atomic E-state index is -0.298. The fraction of sp³-hybridized carbons (Fsp3) is 0.588. The van der Waals surface area contributed by atoms with Crippen molar-refractivity contribution in [1.82, 2.24) is 4.90 Å². The van der Waals surface area contributed by atoms with E-state index >= 15 is 0 Å². The van der Waals surface area contributed by atoms with Crippen molar-refractivity contribution in [2.24, 2.45) is 17.6 Å². The third kappa shape index (κ3) is 2.44. The van der Waals surface area contributed by atoms with Gasteiger partial charge in [0.15, 0.2) is 0 Å². The fourth-order valence-electron chi connectivity index (χ4n) is 4.31. The molecule has 3 aliphatic rings. The normalized spacial score (nSPS) is 31.5. The number of carbonyl (C=O) groups is 1. The molecule has 1 aromatic rings. The second kappa shape index (κ2) is 5.70. The molecule has 3 nitrogen and oxygen atoms in total. The van der Waals surface area contributed by atoms with E-state index in [1.807, 2.05) is 24.3 Å². The molecule has 2 N–H and O–H groups in total. The molecule has 2 saturated carbocycles. The number of nitrogens with two attached hydrogens (primary N) is 1. The molecule has 22 heavy (non-hydrogen) atoms. The Morgan fingerprint density at radius 1 is 1.27 bits per heavy atom. The summed E-state index contributed by atoms with van der Waals surface area (Å²) in [6, 6.07) is 8.09. The maximum absolute atomic E-state index is 13.0. The summed E-state index contributed by atoms with van der Waals surface area (Å²) in [5, 5.41) is 0.715. The zero-order chi connectivity index (χ0) is 14.6. The van der Waals surface area contributed by atoms with Crippen molar-refractivity contribution in [3.63, 3.8) is 0 Å². The summed E-state index contributed by atoms with van der Waals surface area (Å²) in [5.41, 5.74) is 6.97. The Bertz CT molecular complexity index is 588. The fourth-order valence-corrected chi connectivity index (χ4v) is 4.50. The molecule has 3 fully saturated rings. The largest absolute Gasteiger partial charge is 0.341 e. The molecule has 120 valence electrons. The maximum atomic E-state index is 13.0. The highest BCUT2D eigenvalue weighted by molar-refractivity contribution is 6.30. The van der Waals surface area contributed by atoms with Crippen LogP contribution < -0.4 is 5.73 Å². The summed E-state index contributed by atoms with van der Waals surface area (Å²) in [7, 11) is 0. The van der Waals surface area contributed by atoms with Gasteiger partial charge in [-0.05, 0) is 55.2 Å². The third-order valence-corrected chi connectivity index (χ3v) is 5.97. The second-order valence-corrected chi connectivity index (χ2v) is 7.40. The van der Waals surface area contributed by atoms with Crippen LogP contribution in [0.4, 0.5) is 0 Å². The van der Waals surface area contributed by atoms with Gasteiger partial charge in [0, 0.05) is 24.2 Å². The first-order valence-corrected chi connectivity index (χ1v) is 8.29. The molecule has 1 aromatic carbocycles. The minimum Gasteiger partial charge on any atom is -0.341 e. The molecule has 0 bridgehead atoms. The van der Waals surface area contributed by atoms with Gasteiger partial charge in [0.2, 0.25) is 5.91 Å². The lowest BCUT2D eigenvalue weighted by Crippen LogP contribution is -2.39. The molecule has 1 aliphatic heterocycles. The number of rotatable bonds is 2.